The van der Waals surface area contributed by atoms with Crippen LogP contribution in [0.15, 0.2) is 12.2 Å². The Kier molecular flexibility index (Phi) is 39.3. The fraction of sp³-hybridized carbons (Fsp3) is 0.915. The molecule has 0 rings (SSSR count). The molecule has 0 aromatic carbocycles. The summed E-state index contributed by atoms with van der Waals surface area (Å²) in [6.07, 6.45) is 42.8. The maximum Gasteiger partial charge on any atom is 0.472 e. The van der Waals surface area contributed by atoms with Gasteiger partial charge in [-0.25, -0.2) is 4.57 Å². The highest BCUT2D eigenvalue weighted by Crippen LogP contribution is 2.43. The second-order valence-corrected chi connectivity index (χ2v) is 19.0. The Hall–Kier alpha value is -1.25. The van der Waals surface area contributed by atoms with Gasteiger partial charge >= 0.3 is 19.8 Å². The summed E-state index contributed by atoms with van der Waals surface area (Å²) in [6.45, 7) is 4.41. The number of phosphoric acid groups is 1. The number of carbonyl (C=O) groups excluding carboxylic acids is 2. The van der Waals surface area contributed by atoms with Crippen LogP contribution in [0.25, 0.3) is 0 Å². The van der Waals surface area contributed by atoms with Crippen LogP contribution in [0, 0.1) is 0 Å². The molecule has 0 aromatic heterocycles. The van der Waals surface area contributed by atoms with Crippen LogP contribution < -0.4 is 0 Å². The molecule has 0 heterocycles. The molecule has 338 valence electrons. The van der Waals surface area contributed by atoms with Crippen molar-refractivity contribution >= 4 is 19.8 Å². The van der Waals surface area contributed by atoms with Gasteiger partial charge in [0.05, 0.1) is 27.7 Å². The Labute approximate surface area is 352 Å². The maximum atomic E-state index is 12.7. The molecule has 0 saturated heterocycles. The normalized spacial score (nSPS) is 13.6. The minimum absolute atomic E-state index is 0.0304. The lowest BCUT2D eigenvalue weighted by atomic mass is 10.0. The van der Waals surface area contributed by atoms with Crippen LogP contribution in [0.5, 0.6) is 0 Å². The van der Waals surface area contributed by atoms with Crippen molar-refractivity contribution in [3.8, 4) is 0 Å². The SMILES string of the molecule is CCCCCCCCCCCCCCCCCCCC/C=C/CCCC(=O)O[C@H](COC(=O)CCCCCCCCCCCC)COP(=O)(O)OCC[N+](C)(C)C. The molecule has 0 bridgehead atoms. The minimum Gasteiger partial charge on any atom is -0.462 e. The van der Waals surface area contributed by atoms with Crippen molar-refractivity contribution in [2.75, 3.05) is 47.5 Å². The van der Waals surface area contributed by atoms with Gasteiger partial charge in [-0.2, -0.15) is 0 Å². The second-order valence-electron chi connectivity index (χ2n) is 17.5. The van der Waals surface area contributed by atoms with Gasteiger partial charge in [0.15, 0.2) is 6.10 Å². The maximum absolute atomic E-state index is 12.7. The molecule has 0 amide bonds. The number of nitrogens with zero attached hydrogens (tertiary/aromatic N) is 1. The molecule has 57 heavy (non-hydrogen) atoms. The van der Waals surface area contributed by atoms with Crippen LogP contribution >= 0.6 is 7.82 Å². The summed E-state index contributed by atoms with van der Waals surface area (Å²) in [4.78, 5) is 35.3. The van der Waals surface area contributed by atoms with E-state index in [0.29, 0.717) is 17.4 Å². The predicted octanol–water partition coefficient (Wildman–Crippen LogP) is 13.8. The molecule has 0 aromatic rings. The molecule has 0 radical (unpaired) electrons. The first kappa shape index (κ1) is 55.8. The van der Waals surface area contributed by atoms with Gasteiger partial charge in [-0.05, 0) is 32.1 Å². The summed E-state index contributed by atoms with van der Waals surface area (Å²) in [5.41, 5.74) is 0. The Morgan fingerprint density at radius 2 is 0.912 bits per heavy atom. The Morgan fingerprint density at radius 1 is 0.526 bits per heavy atom. The third kappa shape index (κ3) is 44.1. The average Bonchev–Trinajstić information content (AvgIpc) is 3.16. The first-order chi connectivity index (χ1) is 27.5. The van der Waals surface area contributed by atoms with Gasteiger partial charge < -0.3 is 18.9 Å². The van der Waals surface area contributed by atoms with Crippen LogP contribution in [0.1, 0.15) is 226 Å². The number of hydrogen-bond donors (Lipinski definition) is 1. The van der Waals surface area contributed by atoms with Crippen molar-refractivity contribution in [2.24, 2.45) is 0 Å². The zero-order chi connectivity index (χ0) is 42.1. The fourth-order valence-electron chi connectivity index (χ4n) is 6.78. The van der Waals surface area contributed by atoms with Crippen LogP contribution in [-0.2, 0) is 32.7 Å². The summed E-state index contributed by atoms with van der Waals surface area (Å²) < 4.78 is 34.3. The second kappa shape index (κ2) is 40.2. The van der Waals surface area contributed by atoms with E-state index in [-0.39, 0.29) is 32.0 Å². The number of ether oxygens (including phenoxy) is 2. The standard InChI is InChI=1S/C47H92NO8P/c1-6-8-10-12-14-16-18-19-20-21-22-23-24-25-26-27-28-29-30-32-34-36-38-40-47(50)56-45(44-55-57(51,52)54-42-41-48(3,4)5)43-53-46(49)39-37-35-33-31-17-15-13-11-9-7-2/h32,34,45H,6-31,33,35-44H2,1-5H3/p+1/b34-32+/t45-/m1/s1. The highest BCUT2D eigenvalue weighted by molar-refractivity contribution is 7.47. The van der Waals surface area contributed by atoms with E-state index in [1.807, 2.05) is 21.1 Å². The molecular formula is C47H93NO8P+. The molecule has 10 heteroatoms. The Bertz CT molecular complexity index is 985. The molecule has 9 nitrogen and oxygen atoms in total. The number of likely N-dealkylation sites (N-methyl/N-ethyl adjacent to an activating group) is 1. The Morgan fingerprint density at radius 3 is 1.35 bits per heavy atom. The highest BCUT2D eigenvalue weighted by atomic mass is 31.2. The van der Waals surface area contributed by atoms with Gasteiger partial charge in [-0.15, -0.1) is 0 Å². The van der Waals surface area contributed by atoms with Crippen LogP contribution in [-0.4, -0.2) is 74.9 Å². The van der Waals surface area contributed by atoms with Crippen LogP contribution in [0.2, 0.25) is 0 Å². The van der Waals surface area contributed by atoms with E-state index < -0.39 is 26.5 Å². The van der Waals surface area contributed by atoms with E-state index in [0.717, 1.165) is 32.1 Å². The molecular weight excluding hydrogens is 737 g/mol. The summed E-state index contributed by atoms with van der Waals surface area (Å²) in [5.74, 6) is -0.827. The van der Waals surface area contributed by atoms with Crippen LogP contribution in [0.4, 0.5) is 0 Å². The van der Waals surface area contributed by atoms with Crippen molar-refractivity contribution in [1.29, 1.82) is 0 Å². The molecule has 0 aliphatic carbocycles. The lowest BCUT2D eigenvalue weighted by Gasteiger charge is -2.24. The number of esters is 2. The van der Waals surface area contributed by atoms with Crippen molar-refractivity contribution in [1.82, 2.24) is 0 Å². The number of allylic oxidation sites excluding steroid dienone is 2. The van der Waals surface area contributed by atoms with E-state index >= 15 is 0 Å². The highest BCUT2D eigenvalue weighted by Gasteiger charge is 2.27. The van der Waals surface area contributed by atoms with E-state index in [2.05, 4.69) is 26.0 Å². The number of phosphoric ester groups is 1. The number of hydrogen-bond acceptors (Lipinski definition) is 7. The number of carbonyl (C=O) groups is 2. The molecule has 1 N–H and O–H groups in total. The minimum atomic E-state index is -4.37. The molecule has 0 aliphatic heterocycles. The van der Waals surface area contributed by atoms with Gasteiger partial charge in [0.25, 0.3) is 0 Å². The zero-order valence-corrected chi connectivity index (χ0v) is 39.0. The third-order valence-electron chi connectivity index (χ3n) is 10.5. The van der Waals surface area contributed by atoms with Gasteiger partial charge in [0, 0.05) is 12.8 Å². The topological polar surface area (TPSA) is 108 Å². The van der Waals surface area contributed by atoms with Gasteiger partial charge in [0.1, 0.15) is 19.8 Å². The first-order valence-corrected chi connectivity index (χ1v) is 25.4. The number of quaternary nitrogens is 1. The lowest BCUT2D eigenvalue weighted by molar-refractivity contribution is -0.870. The molecule has 0 aliphatic rings. The monoisotopic (exact) mass is 831 g/mol. The van der Waals surface area contributed by atoms with Crippen molar-refractivity contribution < 1.29 is 42.1 Å². The van der Waals surface area contributed by atoms with E-state index in [1.54, 1.807) is 0 Å². The van der Waals surface area contributed by atoms with E-state index in [1.165, 1.54) is 161 Å². The molecule has 2 atom stereocenters. The molecule has 0 saturated carbocycles. The zero-order valence-electron chi connectivity index (χ0n) is 38.1. The van der Waals surface area contributed by atoms with Gasteiger partial charge in [-0.1, -0.05) is 193 Å². The van der Waals surface area contributed by atoms with Gasteiger partial charge in [0.2, 0.25) is 0 Å². The van der Waals surface area contributed by atoms with E-state index in [4.69, 9.17) is 18.5 Å². The molecule has 0 fully saturated rings. The summed E-state index contributed by atoms with van der Waals surface area (Å²) in [5, 5.41) is 0. The molecule has 0 spiro atoms. The quantitative estimate of drug-likeness (QED) is 0.0213. The van der Waals surface area contributed by atoms with Crippen LogP contribution in [0.3, 0.4) is 0 Å². The smallest absolute Gasteiger partial charge is 0.462 e. The number of unbranched alkanes of at least 4 members (excludes halogenated alkanes) is 28. The van der Waals surface area contributed by atoms with E-state index in [9.17, 15) is 19.0 Å². The number of rotatable bonds is 44. The Balaban J connectivity index is 4.20. The lowest BCUT2D eigenvalue weighted by Crippen LogP contribution is -2.37. The summed E-state index contributed by atoms with van der Waals surface area (Å²) in [7, 11) is 1.47. The average molecular weight is 831 g/mol. The fourth-order valence-corrected chi connectivity index (χ4v) is 7.53. The summed E-state index contributed by atoms with van der Waals surface area (Å²) >= 11 is 0. The molecule has 1 unspecified atom stereocenters. The largest absolute Gasteiger partial charge is 0.472 e. The predicted molar refractivity (Wildman–Crippen MR) is 238 cm³/mol. The first-order valence-electron chi connectivity index (χ1n) is 23.9. The summed E-state index contributed by atoms with van der Waals surface area (Å²) in [6, 6.07) is 0. The van der Waals surface area contributed by atoms with Crippen molar-refractivity contribution in [3.63, 3.8) is 0 Å². The van der Waals surface area contributed by atoms with Gasteiger partial charge in [-0.3, -0.25) is 18.6 Å². The van der Waals surface area contributed by atoms with Crippen molar-refractivity contribution in [2.45, 2.75) is 232 Å². The third-order valence-corrected chi connectivity index (χ3v) is 11.5. The van der Waals surface area contributed by atoms with Crippen molar-refractivity contribution in [3.05, 3.63) is 12.2 Å².